The maximum Gasteiger partial charge on any atom is 0.245 e. The molecule has 26 heavy (non-hydrogen) atoms. The third kappa shape index (κ3) is 4.16. The minimum Gasteiger partial charge on any atom is -0.497 e. The summed E-state index contributed by atoms with van der Waals surface area (Å²) in [5, 5.41) is 6.36. The van der Waals surface area contributed by atoms with Gasteiger partial charge in [0, 0.05) is 19.1 Å². The number of amides is 2. The molecule has 0 unspecified atom stereocenters. The van der Waals surface area contributed by atoms with Crippen molar-refractivity contribution >= 4 is 11.8 Å². The quantitative estimate of drug-likeness (QED) is 0.583. The van der Waals surface area contributed by atoms with Crippen LogP contribution in [0.4, 0.5) is 0 Å². The van der Waals surface area contributed by atoms with Gasteiger partial charge in [0.05, 0.1) is 7.11 Å². The number of fused-ring (bicyclic) bond motifs is 1. The molecule has 2 aliphatic heterocycles. The molecule has 0 spiro atoms. The SMILES string of the molecule is COc1cccc(CN[C@H]2C[C@H]3C(=O)N[C@@H](CCCCN)C(=O)N3C2)c1. The first-order valence-electron chi connectivity index (χ1n) is 9.29. The number of piperazine rings is 1. The van der Waals surface area contributed by atoms with Crippen LogP contribution in [0.15, 0.2) is 24.3 Å². The lowest BCUT2D eigenvalue weighted by Crippen LogP contribution is -2.61. The van der Waals surface area contributed by atoms with Gasteiger partial charge in [-0.05, 0) is 49.9 Å². The van der Waals surface area contributed by atoms with Crippen molar-refractivity contribution in [3.05, 3.63) is 29.8 Å². The van der Waals surface area contributed by atoms with Crippen LogP contribution < -0.4 is 21.1 Å². The van der Waals surface area contributed by atoms with Gasteiger partial charge in [-0.25, -0.2) is 0 Å². The molecule has 0 aliphatic carbocycles. The van der Waals surface area contributed by atoms with E-state index < -0.39 is 6.04 Å². The fourth-order valence-electron chi connectivity index (χ4n) is 3.74. The monoisotopic (exact) mass is 360 g/mol. The number of methoxy groups -OCH3 is 1. The summed E-state index contributed by atoms with van der Waals surface area (Å²) in [6.45, 7) is 1.86. The largest absolute Gasteiger partial charge is 0.497 e. The van der Waals surface area contributed by atoms with E-state index in [1.807, 2.05) is 24.3 Å². The molecule has 7 nitrogen and oxygen atoms in total. The van der Waals surface area contributed by atoms with Crippen LogP contribution in [0.1, 0.15) is 31.2 Å². The summed E-state index contributed by atoms with van der Waals surface area (Å²) in [6, 6.07) is 7.25. The summed E-state index contributed by atoms with van der Waals surface area (Å²) in [5.74, 6) is 0.827. The molecular formula is C19H28N4O3. The molecule has 142 valence electrons. The second-order valence-electron chi connectivity index (χ2n) is 7.02. The molecule has 1 aromatic carbocycles. The average molecular weight is 360 g/mol. The first kappa shape index (κ1) is 18.7. The number of hydrogen-bond acceptors (Lipinski definition) is 5. The summed E-state index contributed by atoms with van der Waals surface area (Å²) in [5.41, 5.74) is 6.63. The Kier molecular flexibility index (Phi) is 6.11. The van der Waals surface area contributed by atoms with E-state index in [1.54, 1.807) is 12.0 Å². The first-order valence-corrected chi connectivity index (χ1v) is 9.29. The van der Waals surface area contributed by atoms with Crippen LogP contribution in [-0.2, 0) is 16.1 Å². The van der Waals surface area contributed by atoms with Gasteiger partial charge in [0.25, 0.3) is 0 Å². The lowest BCUT2D eigenvalue weighted by atomic mass is 10.0. The van der Waals surface area contributed by atoms with Crippen LogP contribution in [-0.4, -0.2) is 55.0 Å². The maximum atomic E-state index is 12.7. The molecule has 2 fully saturated rings. The second-order valence-corrected chi connectivity index (χ2v) is 7.02. The van der Waals surface area contributed by atoms with E-state index in [0.717, 1.165) is 24.2 Å². The van der Waals surface area contributed by atoms with E-state index in [1.165, 1.54) is 0 Å². The van der Waals surface area contributed by atoms with Gasteiger partial charge in [-0.2, -0.15) is 0 Å². The third-order valence-electron chi connectivity index (χ3n) is 5.18. The van der Waals surface area contributed by atoms with Crippen molar-refractivity contribution in [2.45, 2.75) is 50.4 Å². The zero-order valence-corrected chi connectivity index (χ0v) is 15.2. The summed E-state index contributed by atoms with van der Waals surface area (Å²) >= 11 is 0. The molecule has 1 aromatic rings. The van der Waals surface area contributed by atoms with E-state index in [2.05, 4.69) is 10.6 Å². The normalized spacial score (nSPS) is 25.2. The van der Waals surface area contributed by atoms with Crippen molar-refractivity contribution in [3.8, 4) is 5.75 Å². The molecular weight excluding hydrogens is 332 g/mol. The predicted molar refractivity (Wildman–Crippen MR) is 98.6 cm³/mol. The lowest BCUT2D eigenvalue weighted by molar-refractivity contribution is -0.147. The third-order valence-corrected chi connectivity index (χ3v) is 5.18. The predicted octanol–water partition coefficient (Wildman–Crippen LogP) is 0.382. The molecule has 0 saturated carbocycles. The number of carbonyl (C=O) groups excluding carboxylic acids is 2. The molecule has 4 N–H and O–H groups in total. The van der Waals surface area contributed by atoms with Crippen molar-refractivity contribution in [2.24, 2.45) is 5.73 Å². The Morgan fingerprint density at radius 3 is 2.96 bits per heavy atom. The van der Waals surface area contributed by atoms with E-state index in [4.69, 9.17) is 10.5 Å². The number of nitrogens with zero attached hydrogens (tertiary/aromatic N) is 1. The Labute approximate surface area is 154 Å². The molecule has 7 heteroatoms. The van der Waals surface area contributed by atoms with E-state index in [-0.39, 0.29) is 23.9 Å². The summed E-state index contributed by atoms with van der Waals surface area (Å²) in [6.07, 6.45) is 3.03. The lowest BCUT2D eigenvalue weighted by Gasteiger charge is -2.34. The van der Waals surface area contributed by atoms with Gasteiger partial charge < -0.3 is 26.0 Å². The van der Waals surface area contributed by atoms with E-state index in [9.17, 15) is 9.59 Å². The number of benzene rings is 1. The zero-order valence-electron chi connectivity index (χ0n) is 15.2. The van der Waals surface area contributed by atoms with Crippen molar-refractivity contribution in [1.82, 2.24) is 15.5 Å². The van der Waals surface area contributed by atoms with Crippen LogP contribution in [0.3, 0.4) is 0 Å². The van der Waals surface area contributed by atoms with Crippen LogP contribution in [0, 0.1) is 0 Å². The summed E-state index contributed by atoms with van der Waals surface area (Å²) < 4.78 is 5.24. The number of rotatable bonds is 8. The van der Waals surface area contributed by atoms with Gasteiger partial charge in [-0.3, -0.25) is 9.59 Å². The van der Waals surface area contributed by atoms with Gasteiger partial charge in [-0.15, -0.1) is 0 Å². The first-order chi connectivity index (χ1) is 12.6. The Morgan fingerprint density at radius 2 is 2.19 bits per heavy atom. The topological polar surface area (TPSA) is 96.7 Å². The number of nitrogens with one attached hydrogen (secondary N) is 2. The fourth-order valence-corrected chi connectivity index (χ4v) is 3.74. The smallest absolute Gasteiger partial charge is 0.245 e. The maximum absolute atomic E-state index is 12.7. The molecule has 2 saturated heterocycles. The highest BCUT2D eigenvalue weighted by Crippen LogP contribution is 2.24. The minimum absolute atomic E-state index is 0.0342. The van der Waals surface area contributed by atoms with Crippen molar-refractivity contribution in [2.75, 3.05) is 20.2 Å². The molecule has 2 amide bonds. The minimum atomic E-state index is -0.401. The van der Waals surface area contributed by atoms with Crippen LogP contribution in [0.2, 0.25) is 0 Å². The highest BCUT2D eigenvalue weighted by atomic mass is 16.5. The van der Waals surface area contributed by atoms with Gasteiger partial charge >= 0.3 is 0 Å². The highest BCUT2D eigenvalue weighted by molar-refractivity contribution is 5.97. The standard InChI is InChI=1S/C19H28N4O3/c1-26-15-6-4-5-13(9-15)11-21-14-10-17-18(24)22-16(7-2-3-8-20)19(25)23(17)12-14/h4-6,9,14,16-17,21H,2-3,7-8,10-12,20H2,1H3,(H,22,24)/t14-,16-,17-/m0/s1. The Balaban J connectivity index is 1.56. The van der Waals surface area contributed by atoms with Crippen LogP contribution in [0.5, 0.6) is 5.75 Å². The van der Waals surface area contributed by atoms with Gasteiger partial charge in [0.1, 0.15) is 17.8 Å². The highest BCUT2D eigenvalue weighted by Gasteiger charge is 2.45. The van der Waals surface area contributed by atoms with Crippen LogP contribution in [0.25, 0.3) is 0 Å². The molecule has 3 rings (SSSR count). The average Bonchev–Trinajstić information content (AvgIpc) is 3.09. The van der Waals surface area contributed by atoms with E-state index in [0.29, 0.717) is 32.5 Å². The Hall–Kier alpha value is -2.12. The number of carbonyl (C=O) groups is 2. The second kappa shape index (κ2) is 8.51. The molecule has 2 aliphatic rings. The molecule has 2 heterocycles. The van der Waals surface area contributed by atoms with Crippen molar-refractivity contribution in [3.63, 3.8) is 0 Å². The Morgan fingerprint density at radius 1 is 1.35 bits per heavy atom. The van der Waals surface area contributed by atoms with Gasteiger partial charge in [0.15, 0.2) is 0 Å². The van der Waals surface area contributed by atoms with Gasteiger partial charge in [0.2, 0.25) is 11.8 Å². The number of hydrogen-bond donors (Lipinski definition) is 3. The molecule has 0 aromatic heterocycles. The van der Waals surface area contributed by atoms with E-state index >= 15 is 0 Å². The molecule has 0 bridgehead atoms. The van der Waals surface area contributed by atoms with Gasteiger partial charge in [-0.1, -0.05) is 12.1 Å². The Bertz CT molecular complexity index is 651. The molecule has 0 radical (unpaired) electrons. The molecule has 3 atom stereocenters. The number of nitrogens with two attached hydrogens (primary N) is 1. The summed E-state index contributed by atoms with van der Waals surface area (Å²) in [7, 11) is 1.65. The number of ether oxygens (including phenoxy) is 1. The fraction of sp³-hybridized carbons (Fsp3) is 0.579. The van der Waals surface area contributed by atoms with Crippen molar-refractivity contribution in [1.29, 1.82) is 0 Å². The number of unbranched alkanes of at least 4 members (excludes halogenated alkanes) is 1. The zero-order chi connectivity index (χ0) is 18.5. The van der Waals surface area contributed by atoms with Crippen molar-refractivity contribution < 1.29 is 14.3 Å². The summed E-state index contributed by atoms with van der Waals surface area (Å²) in [4.78, 5) is 26.8. The van der Waals surface area contributed by atoms with Crippen LogP contribution >= 0.6 is 0 Å².